The quantitative estimate of drug-likeness (QED) is 0.175. The molecule has 33 heavy (non-hydrogen) atoms. The van der Waals surface area contributed by atoms with E-state index in [9.17, 15) is 9.65 Å². The van der Waals surface area contributed by atoms with Crippen LogP contribution in [0.15, 0.2) is 29.3 Å². The second-order valence-corrected chi connectivity index (χ2v) is 7.44. The van der Waals surface area contributed by atoms with Crippen LogP contribution in [0.25, 0.3) is 5.69 Å². The number of hydrogen-bond acceptors (Lipinski definition) is 5. The first kappa shape index (κ1) is 26.1. The second kappa shape index (κ2) is 11.6. The highest BCUT2D eigenvalue weighted by Crippen LogP contribution is 2.21. The number of nitrogens with two attached hydrogens (primary N) is 1. The average molecular weight is 565 g/mol. The van der Waals surface area contributed by atoms with Crippen LogP contribution in [-0.2, 0) is 20.0 Å². The number of nitriles is 1. The van der Waals surface area contributed by atoms with E-state index < -0.39 is 0 Å². The predicted octanol–water partition coefficient (Wildman–Crippen LogP) is 2.73. The first-order valence-electron chi connectivity index (χ1n) is 10.3. The molecule has 3 rings (SSSR count). The lowest BCUT2D eigenvalue weighted by molar-refractivity contribution is 0.627. The van der Waals surface area contributed by atoms with Crippen molar-refractivity contribution in [2.75, 3.05) is 19.3 Å². The van der Waals surface area contributed by atoms with Gasteiger partial charge in [-0.15, -0.1) is 24.0 Å². The third-order valence-electron chi connectivity index (χ3n) is 5.37. The lowest BCUT2D eigenvalue weighted by Gasteiger charge is -2.12. The summed E-state index contributed by atoms with van der Waals surface area (Å²) in [5.74, 6) is 0.591. The standard InChI is InChI=1S/C22H28FN9.HI/c1-14-19(15(2)31(4)29-14)13-28-22(26-3)27-11-5-6-20-18(12-24)21(25)32(30-20)17-9-7-16(23)8-10-17;/h7-10H,5-6,11,13,25H2,1-4H3,(H2,26,27,28);1H. The highest BCUT2D eigenvalue weighted by atomic mass is 127. The number of guanidine groups is 1. The van der Waals surface area contributed by atoms with Gasteiger partial charge in [-0.2, -0.15) is 15.5 Å². The number of aromatic nitrogens is 4. The van der Waals surface area contributed by atoms with Gasteiger partial charge in [-0.25, -0.2) is 9.07 Å². The minimum Gasteiger partial charge on any atom is -0.382 e. The van der Waals surface area contributed by atoms with Crippen molar-refractivity contribution in [1.29, 1.82) is 5.26 Å². The number of nitrogens with one attached hydrogen (secondary N) is 2. The fraction of sp³-hybridized carbons (Fsp3) is 0.364. The van der Waals surface area contributed by atoms with Gasteiger partial charge in [0, 0.05) is 38.4 Å². The van der Waals surface area contributed by atoms with E-state index in [4.69, 9.17) is 5.73 Å². The van der Waals surface area contributed by atoms with E-state index in [0.29, 0.717) is 42.4 Å². The van der Waals surface area contributed by atoms with Crippen LogP contribution in [0.1, 0.15) is 34.6 Å². The highest BCUT2D eigenvalue weighted by Gasteiger charge is 2.16. The Kier molecular flexibility index (Phi) is 9.22. The van der Waals surface area contributed by atoms with Crippen LogP contribution in [0.3, 0.4) is 0 Å². The lowest BCUT2D eigenvalue weighted by atomic mass is 10.1. The Morgan fingerprint density at radius 1 is 1.21 bits per heavy atom. The molecular weight excluding hydrogens is 536 g/mol. The summed E-state index contributed by atoms with van der Waals surface area (Å²) < 4.78 is 16.5. The molecule has 0 aliphatic carbocycles. The number of halogens is 2. The summed E-state index contributed by atoms with van der Waals surface area (Å²) in [5.41, 5.74) is 10.9. The molecular formula is C22H29FIN9. The Hall–Kier alpha value is -3.14. The van der Waals surface area contributed by atoms with Crippen molar-refractivity contribution in [3.8, 4) is 11.8 Å². The van der Waals surface area contributed by atoms with Crippen LogP contribution in [0.4, 0.5) is 10.2 Å². The predicted molar refractivity (Wildman–Crippen MR) is 137 cm³/mol. The molecule has 0 saturated heterocycles. The molecule has 2 aromatic heterocycles. The zero-order chi connectivity index (χ0) is 23.3. The molecule has 176 valence electrons. The number of benzene rings is 1. The highest BCUT2D eigenvalue weighted by molar-refractivity contribution is 14.0. The Balaban J connectivity index is 0.00000385. The smallest absolute Gasteiger partial charge is 0.191 e. The van der Waals surface area contributed by atoms with Gasteiger partial charge in [0.05, 0.1) is 17.1 Å². The summed E-state index contributed by atoms with van der Waals surface area (Å²) in [4.78, 5) is 4.26. The largest absolute Gasteiger partial charge is 0.382 e. The van der Waals surface area contributed by atoms with Gasteiger partial charge in [0.2, 0.25) is 0 Å². The summed E-state index contributed by atoms with van der Waals surface area (Å²) in [6, 6.07) is 7.95. The minimum absolute atomic E-state index is 0. The Labute approximate surface area is 209 Å². The van der Waals surface area contributed by atoms with E-state index in [0.717, 1.165) is 23.4 Å². The molecule has 9 nitrogen and oxygen atoms in total. The summed E-state index contributed by atoms with van der Waals surface area (Å²) in [5, 5.41) is 25.0. The molecule has 0 amide bonds. The SMILES string of the molecule is CN=C(NCCCc1nn(-c2ccc(F)cc2)c(N)c1C#N)NCc1c(C)nn(C)c1C.I. The molecule has 0 aliphatic heterocycles. The molecule has 0 atom stereocenters. The van der Waals surface area contributed by atoms with Gasteiger partial charge in [0.25, 0.3) is 0 Å². The maximum Gasteiger partial charge on any atom is 0.191 e. The maximum atomic E-state index is 13.2. The van der Waals surface area contributed by atoms with Crippen molar-refractivity contribution < 1.29 is 4.39 Å². The second-order valence-electron chi connectivity index (χ2n) is 7.44. The average Bonchev–Trinajstić information content (AvgIpc) is 3.22. The number of nitrogen functional groups attached to an aromatic ring is 1. The molecule has 0 aliphatic rings. The number of anilines is 1. The van der Waals surface area contributed by atoms with Gasteiger partial charge >= 0.3 is 0 Å². The molecule has 3 aromatic rings. The summed E-state index contributed by atoms with van der Waals surface area (Å²) in [6.07, 6.45) is 1.28. The Morgan fingerprint density at radius 3 is 2.48 bits per heavy atom. The zero-order valence-electron chi connectivity index (χ0n) is 19.2. The maximum absolute atomic E-state index is 13.2. The molecule has 0 unspecified atom stereocenters. The molecule has 0 spiro atoms. The van der Waals surface area contributed by atoms with E-state index in [1.165, 1.54) is 16.8 Å². The van der Waals surface area contributed by atoms with Crippen molar-refractivity contribution in [3.63, 3.8) is 0 Å². The van der Waals surface area contributed by atoms with Gasteiger partial charge in [-0.05, 0) is 51.0 Å². The summed E-state index contributed by atoms with van der Waals surface area (Å²) in [6.45, 7) is 5.29. The molecule has 11 heteroatoms. The van der Waals surface area contributed by atoms with E-state index in [2.05, 4.69) is 31.9 Å². The van der Waals surface area contributed by atoms with Crippen molar-refractivity contribution in [3.05, 3.63) is 58.3 Å². The van der Waals surface area contributed by atoms with Crippen LogP contribution in [0.5, 0.6) is 0 Å². The number of aliphatic imine (C=N–C) groups is 1. The fourth-order valence-electron chi connectivity index (χ4n) is 3.48. The normalized spacial score (nSPS) is 11.1. The topological polar surface area (TPSA) is 122 Å². The van der Waals surface area contributed by atoms with Crippen molar-refractivity contribution >= 4 is 35.8 Å². The van der Waals surface area contributed by atoms with E-state index in [1.807, 2.05) is 25.6 Å². The third-order valence-corrected chi connectivity index (χ3v) is 5.37. The van der Waals surface area contributed by atoms with Crippen LogP contribution in [0.2, 0.25) is 0 Å². The molecule has 0 fully saturated rings. The monoisotopic (exact) mass is 565 g/mol. The van der Waals surface area contributed by atoms with Gasteiger partial charge < -0.3 is 16.4 Å². The zero-order valence-corrected chi connectivity index (χ0v) is 21.5. The number of aryl methyl sites for hydroxylation is 3. The molecule has 0 radical (unpaired) electrons. The van der Waals surface area contributed by atoms with Crippen LogP contribution in [-0.4, -0.2) is 39.1 Å². The van der Waals surface area contributed by atoms with E-state index >= 15 is 0 Å². The van der Waals surface area contributed by atoms with Crippen molar-refractivity contribution in [1.82, 2.24) is 30.2 Å². The Morgan fingerprint density at radius 2 is 1.91 bits per heavy atom. The molecule has 1 aromatic carbocycles. The van der Waals surface area contributed by atoms with Crippen molar-refractivity contribution in [2.45, 2.75) is 33.2 Å². The number of nitrogens with zero attached hydrogens (tertiary/aromatic N) is 6. The Bertz CT molecular complexity index is 1160. The summed E-state index contributed by atoms with van der Waals surface area (Å²) >= 11 is 0. The van der Waals surface area contributed by atoms with Crippen LogP contribution >= 0.6 is 24.0 Å². The van der Waals surface area contributed by atoms with E-state index in [-0.39, 0.29) is 35.6 Å². The van der Waals surface area contributed by atoms with Crippen LogP contribution < -0.4 is 16.4 Å². The molecule has 0 bridgehead atoms. The van der Waals surface area contributed by atoms with E-state index in [1.54, 1.807) is 19.2 Å². The third kappa shape index (κ3) is 6.01. The van der Waals surface area contributed by atoms with Crippen LogP contribution in [0, 0.1) is 31.0 Å². The molecule has 2 heterocycles. The van der Waals surface area contributed by atoms with Gasteiger partial charge in [-0.3, -0.25) is 9.67 Å². The number of rotatable bonds is 7. The van der Waals surface area contributed by atoms with Gasteiger partial charge in [-0.1, -0.05) is 0 Å². The fourth-order valence-corrected chi connectivity index (χ4v) is 3.48. The summed E-state index contributed by atoms with van der Waals surface area (Å²) in [7, 11) is 3.65. The first-order valence-corrected chi connectivity index (χ1v) is 10.3. The van der Waals surface area contributed by atoms with Crippen molar-refractivity contribution in [2.24, 2.45) is 12.0 Å². The van der Waals surface area contributed by atoms with Gasteiger partial charge in [0.15, 0.2) is 5.96 Å². The number of hydrogen-bond donors (Lipinski definition) is 3. The first-order chi connectivity index (χ1) is 15.3. The lowest BCUT2D eigenvalue weighted by Crippen LogP contribution is -2.37. The molecule has 4 N–H and O–H groups in total. The minimum atomic E-state index is -0.345. The molecule has 0 saturated carbocycles. The van der Waals surface area contributed by atoms with Gasteiger partial charge in [0.1, 0.15) is 23.3 Å².